The van der Waals surface area contributed by atoms with Gasteiger partial charge in [-0.3, -0.25) is 9.34 Å². The smallest absolute Gasteiger partial charge is 0.358 e. The summed E-state index contributed by atoms with van der Waals surface area (Å²) in [7, 11) is -0.557. The van der Waals surface area contributed by atoms with Gasteiger partial charge in [-0.2, -0.15) is 19.8 Å². The van der Waals surface area contributed by atoms with Crippen LogP contribution in [0.4, 0.5) is 0 Å². The van der Waals surface area contributed by atoms with Crippen LogP contribution in [0, 0.1) is 28.7 Å². The van der Waals surface area contributed by atoms with Crippen molar-refractivity contribution in [3.63, 3.8) is 0 Å². The number of hydrogen-bond donors (Lipinski definition) is 0. The fourth-order valence-electron chi connectivity index (χ4n) is 3.99. The largest absolute Gasteiger partial charge is 2.00 e. The second kappa shape index (κ2) is 28.2. The van der Waals surface area contributed by atoms with Crippen LogP contribution in [0.15, 0.2) is 48.5 Å². The van der Waals surface area contributed by atoms with Gasteiger partial charge in [-0.15, -0.1) is 7.92 Å². The normalized spacial score (nSPS) is 12.5. The van der Waals surface area contributed by atoms with E-state index in [9.17, 15) is 0 Å². The Hall–Kier alpha value is 2.58. The summed E-state index contributed by atoms with van der Waals surface area (Å²) < 4.78 is 5.08. The van der Waals surface area contributed by atoms with Crippen LogP contribution in [0.5, 0.6) is 0 Å². The van der Waals surface area contributed by atoms with E-state index in [0.717, 1.165) is 25.4 Å². The minimum atomic E-state index is -0.908. The van der Waals surface area contributed by atoms with Crippen LogP contribution in [-0.2, 0) is 13.1 Å². The van der Waals surface area contributed by atoms with E-state index in [1.165, 1.54) is 34.6 Å². The zero-order valence-corrected chi connectivity index (χ0v) is 40.9. The summed E-state index contributed by atoms with van der Waals surface area (Å²) in [6, 6.07) is 17.6. The van der Waals surface area contributed by atoms with Gasteiger partial charge in [0.2, 0.25) is 0 Å². The molecule has 4 atom stereocenters. The average Bonchev–Trinajstić information content (AvgIpc) is 2.84. The van der Waals surface area contributed by atoms with Crippen molar-refractivity contribution in [3.05, 3.63) is 85.6 Å². The van der Waals surface area contributed by atoms with Gasteiger partial charge in [0.15, 0.2) is 0 Å². The Morgan fingerprint density at radius 1 is 0.578 bits per heavy atom. The fraction of sp³-hybridized carbons (Fsp3) is 0.576. The minimum Gasteiger partial charge on any atom is -0.358 e. The monoisotopic (exact) mass is 804 g/mol. The van der Waals surface area contributed by atoms with Gasteiger partial charge in [-0.05, 0) is 107 Å². The molecule has 0 aliphatic carbocycles. The molecule has 2 aromatic rings. The van der Waals surface area contributed by atoms with Crippen molar-refractivity contribution in [3.8, 4) is 0 Å². The number of hydrogen-bond acceptors (Lipinski definition) is 2. The molecule has 2 rings (SSSR count). The van der Waals surface area contributed by atoms with E-state index < -0.39 is 14.1 Å². The number of nitrogens with zero attached hydrogens (tertiary/aromatic N) is 2. The molecule has 0 radical (unpaired) electrons. The standard InChI is InChI=1S/C17H31NP2.C14H22Cl3NP2.2CH3.Mg.2H3P/c1-15-8-10-16(11-9-15)14-18(17(2,3)4)20(7)13-12-19(5)6;1-12-5-7-13(8-6-12)11-18(14(2,3)4)20(17)10-9-19(15)16;;;;;/h8-11H,12-14H2,1-7H3;5-8H,9-11H2,1-4H3;2*1H3;;2*1H3/q;;2*-1;+2;;. The SMILES string of the molecule is Cc1ccc(CN(P(C)CCP(C)C)C(C)(C)C)cc1.Cc1ccc(CN(P(Cl)CCP(Cl)Cl)C(C)(C)C)cc1.P.P.[CH3-].[CH3-].[Mg+2]. The molecule has 260 valence electrons. The van der Waals surface area contributed by atoms with Gasteiger partial charge in [-0.1, -0.05) is 93.4 Å². The van der Waals surface area contributed by atoms with Crippen molar-refractivity contribution in [2.24, 2.45) is 0 Å². The molecule has 0 bridgehead atoms. The molecule has 2 nitrogen and oxygen atoms in total. The fourth-order valence-corrected chi connectivity index (χ4v) is 13.8. The summed E-state index contributed by atoms with van der Waals surface area (Å²) in [5.74, 6) is 0. The van der Waals surface area contributed by atoms with E-state index in [1.807, 2.05) is 0 Å². The molecule has 0 saturated heterocycles. The molecular weight excluding hydrogens is 741 g/mol. The van der Waals surface area contributed by atoms with E-state index in [4.69, 9.17) is 33.7 Å². The maximum absolute atomic E-state index is 6.64. The molecule has 2 aromatic carbocycles. The second-order valence-electron chi connectivity index (χ2n) is 12.7. The number of benzene rings is 2. The average molecular weight is 806 g/mol. The number of rotatable bonds is 12. The molecule has 0 fully saturated rings. The van der Waals surface area contributed by atoms with Crippen molar-refractivity contribution in [2.75, 3.05) is 44.6 Å². The number of aryl methyl sites for hydroxylation is 2. The third-order valence-electron chi connectivity index (χ3n) is 6.45. The van der Waals surface area contributed by atoms with E-state index in [1.54, 1.807) is 0 Å². The zero-order chi connectivity index (χ0) is 30.7. The molecule has 0 N–H and O–H groups in total. The zero-order valence-electron chi connectivity index (χ0n) is 30.8. The van der Waals surface area contributed by atoms with Crippen LogP contribution in [0.3, 0.4) is 0 Å². The quantitative estimate of drug-likeness (QED) is 0.120. The minimum absolute atomic E-state index is 0. The Morgan fingerprint density at radius 3 is 1.24 bits per heavy atom. The Balaban J connectivity index is -0.000000213. The van der Waals surface area contributed by atoms with Crippen LogP contribution < -0.4 is 0 Å². The summed E-state index contributed by atoms with van der Waals surface area (Å²) in [4.78, 5) is 0. The predicted octanol–water partition coefficient (Wildman–Crippen LogP) is 12.9. The van der Waals surface area contributed by atoms with Crippen molar-refractivity contribution < 1.29 is 0 Å². The summed E-state index contributed by atoms with van der Waals surface area (Å²) >= 11 is 18.4. The first-order valence-corrected chi connectivity index (χ1v) is 24.0. The van der Waals surface area contributed by atoms with E-state index in [-0.39, 0.29) is 84.8 Å². The molecular formula is C33H65Cl3MgN2P6. The Morgan fingerprint density at radius 2 is 0.933 bits per heavy atom. The van der Waals surface area contributed by atoms with Crippen LogP contribution in [0.1, 0.15) is 63.8 Å². The van der Waals surface area contributed by atoms with Crippen molar-refractivity contribution in [1.82, 2.24) is 9.34 Å². The molecule has 45 heavy (non-hydrogen) atoms. The first-order valence-electron chi connectivity index (χ1n) is 13.9. The molecule has 0 aliphatic rings. The molecule has 0 saturated carbocycles. The second-order valence-corrected chi connectivity index (χ2v) is 24.3. The maximum Gasteiger partial charge on any atom is 2.00 e. The van der Waals surface area contributed by atoms with E-state index in [0.29, 0.717) is 0 Å². The van der Waals surface area contributed by atoms with Gasteiger partial charge >= 0.3 is 23.1 Å². The topological polar surface area (TPSA) is 6.48 Å². The van der Waals surface area contributed by atoms with Crippen molar-refractivity contribution >= 4 is 107 Å². The van der Waals surface area contributed by atoms with Gasteiger partial charge in [0.1, 0.15) is 0 Å². The van der Waals surface area contributed by atoms with E-state index in [2.05, 4.69) is 133 Å². The van der Waals surface area contributed by atoms with Crippen LogP contribution in [0.25, 0.3) is 0 Å². The molecule has 0 spiro atoms. The Labute approximate surface area is 323 Å². The van der Waals surface area contributed by atoms with Crippen molar-refractivity contribution in [2.45, 2.75) is 79.6 Å². The van der Waals surface area contributed by atoms with Crippen LogP contribution >= 0.6 is 83.6 Å². The van der Waals surface area contributed by atoms with Gasteiger partial charge in [-0.25, -0.2) is 0 Å². The van der Waals surface area contributed by atoms with Gasteiger partial charge < -0.3 is 14.9 Å². The van der Waals surface area contributed by atoms with Crippen molar-refractivity contribution in [1.29, 1.82) is 0 Å². The summed E-state index contributed by atoms with van der Waals surface area (Å²) in [5.41, 5.74) is 5.62. The van der Waals surface area contributed by atoms with Gasteiger partial charge in [0, 0.05) is 36.5 Å². The van der Waals surface area contributed by atoms with E-state index >= 15 is 0 Å². The summed E-state index contributed by atoms with van der Waals surface area (Å²) in [6.07, 6.45) is 4.45. The third kappa shape index (κ3) is 25.2. The summed E-state index contributed by atoms with van der Waals surface area (Å²) in [6.45, 7) is 26.2. The first kappa shape index (κ1) is 56.9. The first-order chi connectivity index (χ1) is 18.4. The summed E-state index contributed by atoms with van der Waals surface area (Å²) in [5, 5.41) is 0. The van der Waals surface area contributed by atoms with Gasteiger partial charge in [0.25, 0.3) is 0 Å². The molecule has 0 amide bonds. The molecule has 0 heterocycles. The molecule has 0 aliphatic heterocycles. The molecule has 4 unspecified atom stereocenters. The molecule has 0 aromatic heterocycles. The molecule has 12 heteroatoms. The Bertz CT molecular complexity index is 893. The Kier molecular flexibility index (Phi) is 35.7. The third-order valence-corrected chi connectivity index (χ3v) is 15.2. The maximum atomic E-state index is 6.64. The number of halogens is 3. The predicted molar refractivity (Wildman–Crippen MR) is 236 cm³/mol. The van der Waals surface area contributed by atoms with Gasteiger partial charge in [0.05, 0.1) is 14.1 Å². The van der Waals surface area contributed by atoms with Crippen LogP contribution in [0.2, 0.25) is 0 Å². The van der Waals surface area contributed by atoms with Crippen LogP contribution in [-0.4, -0.2) is 88.1 Å².